The Balaban J connectivity index is 1.54. The molecule has 7 heteroatoms. The summed E-state index contributed by atoms with van der Waals surface area (Å²) in [6.07, 6.45) is 5.79. The van der Waals surface area contributed by atoms with Crippen molar-refractivity contribution in [2.24, 2.45) is 0 Å². The average molecular weight is 392 g/mol. The average Bonchev–Trinajstić information content (AvgIpc) is 2.80. The van der Waals surface area contributed by atoms with Gasteiger partial charge in [0.2, 0.25) is 11.6 Å². The predicted molar refractivity (Wildman–Crippen MR) is 105 cm³/mol. The smallest absolute Gasteiger partial charge is 0.251 e. The molecule has 150 valence electrons. The van der Waals surface area contributed by atoms with E-state index in [0.29, 0.717) is 39.1 Å². The van der Waals surface area contributed by atoms with E-state index in [2.05, 4.69) is 9.97 Å². The maximum Gasteiger partial charge on any atom is 0.251 e. The van der Waals surface area contributed by atoms with Crippen LogP contribution in [-0.2, 0) is 14.9 Å². The molecule has 2 aliphatic heterocycles. The molecule has 3 heterocycles. The molecule has 0 N–H and O–H groups in total. The molecule has 2 saturated heterocycles. The molecule has 1 amide bonds. The molecule has 29 heavy (non-hydrogen) atoms. The first-order chi connectivity index (χ1) is 14.2. The van der Waals surface area contributed by atoms with E-state index in [-0.39, 0.29) is 23.6 Å². The van der Waals surface area contributed by atoms with Crippen LogP contribution in [0.5, 0.6) is 5.88 Å². The summed E-state index contributed by atoms with van der Waals surface area (Å²) in [5, 5.41) is 9.21. The Morgan fingerprint density at radius 3 is 2.72 bits per heavy atom. The number of hydrogen-bond acceptors (Lipinski definition) is 6. The normalized spacial score (nSPS) is 21.2. The van der Waals surface area contributed by atoms with Crippen molar-refractivity contribution < 1.29 is 14.3 Å². The van der Waals surface area contributed by atoms with Crippen LogP contribution < -0.4 is 4.74 Å². The van der Waals surface area contributed by atoms with E-state index in [0.717, 1.165) is 18.4 Å². The number of benzene rings is 1. The minimum atomic E-state index is -0.550. The van der Waals surface area contributed by atoms with Crippen molar-refractivity contribution in [1.29, 1.82) is 5.26 Å². The second-order valence-electron chi connectivity index (χ2n) is 7.52. The second-order valence-corrected chi connectivity index (χ2v) is 7.52. The Morgan fingerprint density at radius 1 is 1.21 bits per heavy atom. The highest BCUT2D eigenvalue weighted by Crippen LogP contribution is 2.37. The molecular formula is C22H24N4O3. The molecule has 0 unspecified atom stereocenters. The number of carbonyl (C=O) groups is 1. The third-order valence-electron chi connectivity index (χ3n) is 5.80. The van der Waals surface area contributed by atoms with Crippen LogP contribution in [0.3, 0.4) is 0 Å². The van der Waals surface area contributed by atoms with E-state index < -0.39 is 5.41 Å². The van der Waals surface area contributed by atoms with Gasteiger partial charge >= 0.3 is 0 Å². The Hall–Kier alpha value is -2.98. The van der Waals surface area contributed by atoms with Crippen molar-refractivity contribution in [3.8, 4) is 11.9 Å². The van der Waals surface area contributed by atoms with E-state index in [9.17, 15) is 10.1 Å². The van der Waals surface area contributed by atoms with Crippen LogP contribution in [0.4, 0.5) is 0 Å². The molecule has 0 spiro atoms. The highest BCUT2D eigenvalue weighted by Gasteiger charge is 2.45. The van der Waals surface area contributed by atoms with Crippen LogP contribution in [0.15, 0.2) is 42.7 Å². The maximum absolute atomic E-state index is 13.7. The van der Waals surface area contributed by atoms with Gasteiger partial charge < -0.3 is 14.4 Å². The summed E-state index contributed by atoms with van der Waals surface area (Å²) in [4.78, 5) is 23.8. The molecule has 1 atom stereocenters. The molecule has 0 bridgehead atoms. The number of ether oxygens (including phenoxy) is 2. The standard InChI is InChI=1S/C22H24N4O3/c23-15-19-20(25-11-10-24-19)29-18-7-4-12-26(16-18)21(27)22(8-13-28-14-9-22)17-5-2-1-3-6-17/h1-3,5-6,10-11,18H,4,7-9,12-14,16H2/t18-/m0/s1. The first-order valence-corrected chi connectivity index (χ1v) is 10.0. The van der Waals surface area contributed by atoms with Crippen molar-refractivity contribution >= 4 is 5.91 Å². The molecule has 2 fully saturated rings. The van der Waals surface area contributed by atoms with Gasteiger partial charge in [0.15, 0.2) is 0 Å². The Kier molecular flexibility index (Phi) is 5.72. The van der Waals surface area contributed by atoms with Crippen molar-refractivity contribution in [2.45, 2.75) is 37.2 Å². The van der Waals surface area contributed by atoms with Crippen LogP contribution in [0.2, 0.25) is 0 Å². The van der Waals surface area contributed by atoms with Gasteiger partial charge in [0.1, 0.15) is 12.2 Å². The molecule has 0 aliphatic carbocycles. The number of amides is 1. The topological polar surface area (TPSA) is 88.3 Å². The van der Waals surface area contributed by atoms with E-state index in [1.54, 1.807) is 0 Å². The summed E-state index contributed by atoms with van der Waals surface area (Å²) in [6.45, 7) is 2.36. The van der Waals surface area contributed by atoms with Crippen molar-refractivity contribution in [1.82, 2.24) is 14.9 Å². The minimum absolute atomic E-state index is 0.139. The van der Waals surface area contributed by atoms with Crippen molar-refractivity contribution in [3.05, 3.63) is 54.0 Å². The van der Waals surface area contributed by atoms with Crippen LogP contribution >= 0.6 is 0 Å². The molecule has 2 aromatic rings. The number of carbonyl (C=O) groups excluding carboxylic acids is 1. The fourth-order valence-corrected chi connectivity index (χ4v) is 4.27. The van der Waals surface area contributed by atoms with Gasteiger partial charge in [0, 0.05) is 32.2 Å². The first kappa shape index (κ1) is 19.3. The Morgan fingerprint density at radius 2 is 1.97 bits per heavy atom. The number of likely N-dealkylation sites (tertiary alicyclic amines) is 1. The lowest BCUT2D eigenvalue weighted by molar-refractivity contribution is -0.144. The van der Waals surface area contributed by atoms with Gasteiger partial charge in [-0.3, -0.25) is 4.79 Å². The number of piperidine rings is 1. The van der Waals surface area contributed by atoms with Crippen molar-refractivity contribution in [3.63, 3.8) is 0 Å². The van der Waals surface area contributed by atoms with Gasteiger partial charge in [0.05, 0.1) is 12.0 Å². The SMILES string of the molecule is N#Cc1nccnc1O[C@H]1CCCN(C(=O)C2(c3ccccc3)CCOCC2)C1. The van der Waals surface area contributed by atoms with Gasteiger partial charge in [-0.2, -0.15) is 5.26 Å². The third kappa shape index (κ3) is 3.94. The molecule has 1 aromatic carbocycles. The Labute approximate surface area is 170 Å². The van der Waals surface area contributed by atoms with Crippen molar-refractivity contribution in [2.75, 3.05) is 26.3 Å². The van der Waals surface area contributed by atoms with Crippen LogP contribution in [0.25, 0.3) is 0 Å². The van der Waals surface area contributed by atoms with Gasteiger partial charge in [-0.15, -0.1) is 0 Å². The lowest BCUT2D eigenvalue weighted by atomic mass is 9.72. The van der Waals surface area contributed by atoms with E-state index in [1.807, 2.05) is 41.3 Å². The highest BCUT2D eigenvalue weighted by atomic mass is 16.5. The summed E-state index contributed by atoms with van der Waals surface area (Å²) < 4.78 is 11.5. The van der Waals surface area contributed by atoms with Gasteiger partial charge in [-0.05, 0) is 31.2 Å². The summed E-state index contributed by atoms with van der Waals surface area (Å²) in [6, 6.07) is 12.0. The zero-order valence-electron chi connectivity index (χ0n) is 16.3. The second kappa shape index (κ2) is 8.58. The summed E-state index contributed by atoms with van der Waals surface area (Å²) in [7, 11) is 0. The highest BCUT2D eigenvalue weighted by molar-refractivity contribution is 5.88. The lowest BCUT2D eigenvalue weighted by Crippen LogP contribution is -2.54. The molecule has 0 radical (unpaired) electrons. The summed E-state index contributed by atoms with van der Waals surface area (Å²) in [5.41, 5.74) is 0.671. The van der Waals surface area contributed by atoms with Gasteiger partial charge in [-0.1, -0.05) is 30.3 Å². The number of nitrogens with zero attached hydrogens (tertiary/aromatic N) is 4. The number of rotatable bonds is 4. The first-order valence-electron chi connectivity index (χ1n) is 10.0. The van der Waals surface area contributed by atoms with Crippen LogP contribution in [-0.4, -0.2) is 53.2 Å². The predicted octanol–water partition coefficient (Wildman–Crippen LogP) is 2.47. The number of nitriles is 1. The zero-order valence-corrected chi connectivity index (χ0v) is 16.3. The van der Waals surface area contributed by atoms with Crippen LogP contribution in [0, 0.1) is 11.3 Å². The summed E-state index contributed by atoms with van der Waals surface area (Å²) >= 11 is 0. The zero-order chi connectivity index (χ0) is 20.1. The summed E-state index contributed by atoms with van der Waals surface area (Å²) in [5.74, 6) is 0.373. The fourth-order valence-electron chi connectivity index (χ4n) is 4.27. The maximum atomic E-state index is 13.7. The quantitative estimate of drug-likeness (QED) is 0.794. The molecule has 1 aromatic heterocycles. The fraction of sp³-hybridized carbons (Fsp3) is 0.455. The molecule has 2 aliphatic rings. The number of hydrogen-bond donors (Lipinski definition) is 0. The Bertz CT molecular complexity index is 890. The molecule has 4 rings (SSSR count). The third-order valence-corrected chi connectivity index (χ3v) is 5.80. The molecular weight excluding hydrogens is 368 g/mol. The molecule has 7 nitrogen and oxygen atoms in total. The molecule has 0 saturated carbocycles. The van der Waals surface area contributed by atoms with E-state index >= 15 is 0 Å². The van der Waals surface area contributed by atoms with E-state index in [4.69, 9.17) is 9.47 Å². The van der Waals surface area contributed by atoms with E-state index in [1.165, 1.54) is 12.4 Å². The minimum Gasteiger partial charge on any atom is -0.470 e. The lowest BCUT2D eigenvalue weighted by Gasteiger charge is -2.42. The van der Waals surface area contributed by atoms with Gasteiger partial charge in [-0.25, -0.2) is 9.97 Å². The largest absolute Gasteiger partial charge is 0.470 e. The van der Waals surface area contributed by atoms with Gasteiger partial charge in [0.25, 0.3) is 5.88 Å². The van der Waals surface area contributed by atoms with Crippen LogP contribution in [0.1, 0.15) is 36.9 Å². The number of aromatic nitrogens is 2. The monoisotopic (exact) mass is 392 g/mol.